The lowest BCUT2D eigenvalue weighted by Crippen LogP contribution is -2.57. The smallest absolute Gasteiger partial charge is 0.260 e. The number of aromatic nitrogens is 1. The maximum atomic E-state index is 6.68. The van der Waals surface area contributed by atoms with Crippen molar-refractivity contribution >= 4 is 63.4 Å². The van der Waals surface area contributed by atoms with Crippen molar-refractivity contribution < 1.29 is 9.47 Å². The molecular weight excluding hydrogens is 613 g/mol. The van der Waals surface area contributed by atoms with E-state index in [4.69, 9.17) is 9.47 Å². The summed E-state index contributed by atoms with van der Waals surface area (Å²) in [5, 5.41) is 5.57. The van der Waals surface area contributed by atoms with E-state index in [2.05, 4.69) is 163 Å². The summed E-state index contributed by atoms with van der Waals surface area (Å²) in [5.41, 5.74) is 12.1. The summed E-state index contributed by atoms with van der Waals surface area (Å²) in [6, 6.07) is 52.9. The molecule has 0 bridgehead atoms. The normalized spacial score (nSPS) is 14.4. The molecule has 8 aromatic rings. The summed E-state index contributed by atoms with van der Waals surface area (Å²) in [7, 11) is -2.05. The van der Waals surface area contributed by atoms with Crippen LogP contribution >= 0.6 is 0 Å². The lowest BCUT2D eigenvalue weighted by atomic mass is 9.35. The van der Waals surface area contributed by atoms with E-state index >= 15 is 0 Å². The lowest BCUT2D eigenvalue weighted by molar-refractivity contribution is 0.465. The van der Waals surface area contributed by atoms with Crippen LogP contribution in [-0.2, 0) is 0 Å². The largest absolute Gasteiger partial charge is 0.458 e. The Morgan fingerprint density at radius 3 is 1.80 bits per heavy atom. The Morgan fingerprint density at radius 1 is 0.510 bits per heavy atom. The van der Waals surface area contributed by atoms with E-state index < -0.39 is 8.07 Å². The standard InChI is InChI=1S/C44H30BNO2Si/c1-49(2)41-22-12-9-19-36(41)46-35-18-8-5-15-31(35)32-23-27(26-42(49)44(32)46)29-13-3-4-14-30(29)28-24-39-43-40(25-28)48-38-21-11-7-17-34(38)45(43)33-16-6-10-20-37(33)47-39/h3-26H,1-2H3. The third-order valence-electron chi connectivity index (χ3n) is 11.1. The quantitative estimate of drug-likeness (QED) is 0.179. The van der Waals surface area contributed by atoms with Crippen molar-refractivity contribution in [2.24, 2.45) is 0 Å². The van der Waals surface area contributed by atoms with Crippen molar-refractivity contribution in [1.29, 1.82) is 0 Å². The molecule has 0 aliphatic carbocycles. The number of benzene rings is 7. The maximum Gasteiger partial charge on any atom is 0.260 e. The fourth-order valence-electron chi connectivity index (χ4n) is 8.86. The first kappa shape index (κ1) is 27.2. The molecule has 0 N–H and O–H groups in total. The number of hydrogen-bond donors (Lipinski definition) is 0. The predicted molar refractivity (Wildman–Crippen MR) is 206 cm³/mol. The average Bonchev–Trinajstić information content (AvgIpc) is 3.48. The fraction of sp³-hybridized carbons (Fsp3) is 0.0455. The molecule has 0 saturated carbocycles. The van der Waals surface area contributed by atoms with Gasteiger partial charge in [-0.15, -0.1) is 0 Å². The number of hydrogen-bond acceptors (Lipinski definition) is 2. The lowest BCUT2D eigenvalue weighted by Gasteiger charge is -2.34. The van der Waals surface area contributed by atoms with Gasteiger partial charge in [0.15, 0.2) is 0 Å². The third-order valence-corrected chi connectivity index (χ3v) is 14.6. The molecule has 0 amide bonds. The molecule has 4 heterocycles. The summed E-state index contributed by atoms with van der Waals surface area (Å²) >= 11 is 0. The molecule has 3 aliphatic rings. The van der Waals surface area contributed by atoms with Crippen LogP contribution in [0.25, 0.3) is 49.7 Å². The molecule has 49 heavy (non-hydrogen) atoms. The van der Waals surface area contributed by atoms with Crippen LogP contribution in [0, 0.1) is 0 Å². The molecule has 5 heteroatoms. The van der Waals surface area contributed by atoms with Gasteiger partial charge in [0.2, 0.25) is 0 Å². The highest BCUT2D eigenvalue weighted by atomic mass is 28.3. The Bertz CT molecular complexity index is 2660. The van der Waals surface area contributed by atoms with Crippen LogP contribution < -0.4 is 36.2 Å². The summed E-state index contributed by atoms with van der Waals surface area (Å²) in [4.78, 5) is 0. The van der Waals surface area contributed by atoms with Gasteiger partial charge >= 0.3 is 0 Å². The molecule has 0 fully saturated rings. The van der Waals surface area contributed by atoms with Crippen molar-refractivity contribution in [2.75, 3.05) is 0 Å². The molecule has 0 saturated heterocycles. The maximum absolute atomic E-state index is 6.68. The second-order valence-corrected chi connectivity index (χ2v) is 18.4. The minimum Gasteiger partial charge on any atom is -0.458 e. The highest BCUT2D eigenvalue weighted by Crippen LogP contribution is 2.43. The van der Waals surface area contributed by atoms with Gasteiger partial charge in [-0.25, -0.2) is 0 Å². The molecule has 0 unspecified atom stereocenters. The van der Waals surface area contributed by atoms with Crippen LogP contribution in [0.2, 0.25) is 13.1 Å². The molecule has 3 aliphatic heterocycles. The molecule has 11 rings (SSSR count). The van der Waals surface area contributed by atoms with Crippen molar-refractivity contribution in [1.82, 2.24) is 4.57 Å². The third kappa shape index (κ3) is 3.63. The Balaban J connectivity index is 1.15. The van der Waals surface area contributed by atoms with Crippen LogP contribution in [0.1, 0.15) is 0 Å². The number of rotatable bonds is 2. The number of nitrogens with zero attached hydrogens (tertiary/aromatic N) is 1. The summed E-state index contributed by atoms with van der Waals surface area (Å²) in [6.45, 7) is 5.07. The number of ether oxygens (including phenoxy) is 2. The highest BCUT2D eigenvalue weighted by Gasteiger charge is 2.41. The van der Waals surface area contributed by atoms with Crippen molar-refractivity contribution in [3.63, 3.8) is 0 Å². The van der Waals surface area contributed by atoms with Crippen molar-refractivity contribution in [3.05, 3.63) is 146 Å². The van der Waals surface area contributed by atoms with Crippen molar-refractivity contribution in [2.45, 2.75) is 13.1 Å². The first-order valence-electron chi connectivity index (χ1n) is 17.0. The van der Waals surface area contributed by atoms with Gasteiger partial charge in [-0.2, -0.15) is 0 Å². The minimum absolute atomic E-state index is 0.0621. The van der Waals surface area contributed by atoms with E-state index in [1.807, 2.05) is 0 Å². The van der Waals surface area contributed by atoms with Gasteiger partial charge in [-0.05, 0) is 86.0 Å². The Kier molecular flexibility index (Phi) is 5.36. The topological polar surface area (TPSA) is 23.4 Å². The molecule has 0 spiro atoms. The van der Waals surface area contributed by atoms with E-state index in [1.54, 1.807) is 0 Å². The SMILES string of the molecule is C[Si]1(C)c2ccccc2-n2c3ccccc3c3cc(-c4ccccc4-c4cc5c6c(c4)Oc4ccccc4B6c4ccccc4O5)cc1c32. The molecule has 7 aromatic carbocycles. The van der Waals surface area contributed by atoms with E-state index in [9.17, 15) is 0 Å². The zero-order valence-corrected chi connectivity index (χ0v) is 28.2. The zero-order valence-electron chi connectivity index (χ0n) is 27.2. The first-order valence-corrected chi connectivity index (χ1v) is 20.0. The molecule has 0 radical (unpaired) electrons. The molecular formula is C44H30BNO2Si. The summed E-state index contributed by atoms with van der Waals surface area (Å²) in [5.74, 6) is 3.53. The zero-order chi connectivity index (χ0) is 32.4. The van der Waals surface area contributed by atoms with Crippen molar-refractivity contribution in [3.8, 4) is 50.9 Å². The second-order valence-electron chi connectivity index (χ2n) is 14.1. The number of fused-ring (bicyclic) bond motifs is 9. The van der Waals surface area contributed by atoms with Gasteiger partial charge < -0.3 is 14.0 Å². The first-order chi connectivity index (χ1) is 24.1. The molecule has 3 nitrogen and oxygen atoms in total. The number of para-hydroxylation sites is 4. The van der Waals surface area contributed by atoms with Gasteiger partial charge in [0.1, 0.15) is 31.1 Å². The monoisotopic (exact) mass is 643 g/mol. The van der Waals surface area contributed by atoms with E-state index in [1.165, 1.54) is 59.9 Å². The molecule has 1 aromatic heterocycles. The van der Waals surface area contributed by atoms with Crippen LogP contribution in [0.4, 0.5) is 0 Å². The van der Waals surface area contributed by atoms with Crippen LogP contribution in [-0.4, -0.2) is 19.4 Å². The second kappa shape index (κ2) is 9.65. The Morgan fingerprint density at radius 2 is 1.08 bits per heavy atom. The fourth-order valence-corrected chi connectivity index (χ4v) is 11.9. The van der Waals surface area contributed by atoms with E-state index in [-0.39, 0.29) is 6.71 Å². The minimum atomic E-state index is -2.05. The molecule has 0 atom stereocenters. The summed E-state index contributed by atoms with van der Waals surface area (Å²) in [6.07, 6.45) is 0. The van der Waals surface area contributed by atoms with Gasteiger partial charge in [-0.3, -0.25) is 0 Å². The summed E-state index contributed by atoms with van der Waals surface area (Å²) < 4.78 is 15.9. The van der Waals surface area contributed by atoms with Gasteiger partial charge in [0.25, 0.3) is 6.71 Å². The van der Waals surface area contributed by atoms with E-state index in [0.717, 1.165) is 39.6 Å². The van der Waals surface area contributed by atoms with Crippen LogP contribution in [0.5, 0.6) is 23.0 Å². The Hall–Kier alpha value is -5.78. The van der Waals surface area contributed by atoms with Gasteiger partial charge in [0, 0.05) is 21.9 Å². The predicted octanol–water partition coefficient (Wildman–Crippen LogP) is 7.98. The van der Waals surface area contributed by atoms with Crippen LogP contribution in [0.15, 0.2) is 146 Å². The van der Waals surface area contributed by atoms with Gasteiger partial charge in [-0.1, -0.05) is 116 Å². The Labute approximate surface area is 286 Å². The van der Waals surface area contributed by atoms with E-state index in [0.29, 0.717) is 0 Å². The van der Waals surface area contributed by atoms with Gasteiger partial charge in [0.05, 0.1) is 11.0 Å². The highest BCUT2D eigenvalue weighted by molar-refractivity contribution is 7.03. The molecule has 230 valence electrons. The average molecular weight is 644 g/mol. The van der Waals surface area contributed by atoms with Crippen LogP contribution in [0.3, 0.4) is 0 Å².